The summed E-state index contributed by atoms with van der Waals surface area (Å²) in [5.74, 6) is 2.14. The average Bonchev–Trinajstić information content (AvgIpc) is 1.96. The largest absolute Gasteiger partial charge is 0.0620 e. The summed E-state index contributed by atoms with van der Waals surface area (Å²) in [5.41, 5.74) is 0.792. The van der Waals surface area contributed by atoms with Crippen LogP contribution in [0.2, 0.25) is 0 Å². The third-order valence-electron chi connectivity index (χ3n) is 4.04. The lowest BCUT2D eigenvalue weighted by molar-refractivity contribution is 0.0482. The van der Waals surface area contributed by atoms with Crippen LogP contribution >= 0.6 is 0 Å². The molecule has 2 saturated carbocycles. The van der Waals surface area contributed by atoms with Crippen LogP contribution in [-0.4, -0.2) is 0 Å². The Hall–Kier alpha value is 0. The van der Waals surface area contributed by atoms with E-state index in [1.807, 2.05) is 0 Å². The Balaban J connectivity index is 2.18. The molecule has 0 radical (unpaired) electrons. The van der Waals surface area contributed by atoms with E-state index in [-0.39, 0.29) is 0 Å². The van der Waals surface area contributed by atoms with Crippen molar-refractivity contribution in [3.63, 3.8) is 0 Å². The highest BCUT2D eigenvalue weighted by Crippen LogP contribution is 2.59. The third kappa shape index (κ3) is 0.544. The Morgan fingerprint density at radius 1 is 1.22 bits per heavy atom. The minimum atomic E-state index is 0.792. The predicted octanol–water partition coefficient (Wildman–Crippen LogP) is 2.83. The van der Waals surface area contributed by atoms with Crippen LogP contribution in [0.3, 0.4) is 0 Å². The zero-order valence-electron chi connectivity index (χ0n) is 6.48. The van der Waals surface area contributed by atoms with E-state index < -0.39 is 0 Å². The number of fused-ring (bicyclic) bond motifs is 1. The van der Waals surface area contributed by atoms with Crippen molar-refractivity contribution in [2.75, 3.05) is 0 Å². The van der Waals surface area contributed by atoms with E-state index in [4.69, 9.17) is 0 Å². The summed E-state index contributed by atoms with van der Waals surface area (Å²) in [6, 6.07) is 0. The topological polar surface area (TPSA) is 0 Å². The van der Waals surface area contributed by atoms with Crippen LogP contribution in [0, 0.1) is 17.3 Å². The van der Waals surface area contributed by atoms with E-state index >= 15 is 0 Å². The fourth-order valence-electron chi connectivity index (χ4n) is 2.71. The first kappa shape index (κ1) is 5.76. The zero-order chi connectivity index (χ0) is 6.48. The quantitative estimate of drug-likeness (QED) is 0.466. The molecule has 0 N–H and O–H groups in total. The van der Waals surface area contributed by atoms with Crippen LogP contribution < -0.4 is 0 Å². The third-order valence-corrected chi connectivity index (χ3v) is 4.04. The molecular weight excluding hydrogens is 108 g/mol. The first-order valence-corrected chi connectivity index (χ1v) is 4.23. The van der Waals surface area contributed by atoms with Crippen molar-refractivity contribution < 1.29 is 0 Å². The van der Waals surface area contributed by atoms with Gasteiger partial charge in [-0.2, -0.15) is 0 Å². The van der Waals surface area contributed by atoms with Gasteiger partial charge in [0, 0.05) is 0 Å². The standard InChI is InChI=1S/C9H16/c1-7-3-4-8-5-6-9(7,8)2/h7-8H,3-6H2,1-2H3. The fraction of sp³-hybridized carbons (Fsp3) is 1.00. The van der Waals surface area contributed by atoms with Gasteiger partial charge in [0.15, 0.2) is 0 Å². The first-order chi connectivity index (χ1) is 4.23. The molecule has 0 aromatic heterocycles. The maximum Gasteiger partial charge on any atom is -0.0272 e. The van der Waals surface area contributed by atoms with Gasteiger partial charge in [-0.25, -0.2) is 0 Å². The van der Waals surface area contributed by atoms with Gasteiger partial charge in [-0.05, 0) is 42.9 Å². The molecule has 2 fully saturated rings. The minimum Gasteiger partial charge on any atom is -0.0620 e. The van der Waals surface area contributed by atoms with E-state index in [2.05, 4.69) is 13.8 Å². The van der Waals surface area contributed by atoms with Crippen LogP contribution in [0.4, 0.5) is 0 Å². The molecule has 0 aliphatic heterocycles. The second-order valence-electron chi connectivity index (χ2n) is 4.22. The second-order valence-corrected chi connectivity index (χ2v) is 4.22. The van der Waals surface area contributed by atoms with E-state index in [1.165, 1.54) is 25.7 Å². The summed E-state index contributed by atoms with van der Waals surface area (Å²) < 4.78 is 0. The molecule has 52 valence electrons. The summed E-state index contributed by atoms with van der Waals surface area (Å²) in [6.45, 7) is 4.91. The van der Waals surface area contributed by atoms with E-state index in [1.54, 1.807) is 0 Å². The fourth-order valence-corrected chi connectivity index (χ4v) is 2.71. The molecule has 0 aromatic rings. The SMILES string of the molecule is CC1CCC2CCC12C. The molecule has 0 heterocycles. The molecule has 0 spiro atoms. The lowest BCUT2D eigenvalue weighted by Crippen LogP contribution is -2.36. The van der Waals surface area contributed by atoms with Crippen LogP contribution in [0.5, 0.6) is 0 Å². The molecule has 0 saturated heterocycles. The van der Waals surface area contributed by atoms with Gasteiger partial charge in [0.25, 0.3) is 0 Å². The minimum absolute atomic E-state index is 0.792. The molecule has 3 unspecified atom stereocenters. The Morgan fingerprint density at radius 3 is 2.22 bits per heavy atom. The Kier molecular flexibility index (Phi) is 0.980. The second kappa shape index (κ2) is 1.53. The highest BCUT2D eigenvalue weighted by molar-refractivity contribution is 5.00. The van der Waals surface area contributed by atoms with Gasteiger partial charge in [0.05, 0.1) is 0 Å². The Morgan fingerprint density at radius 2 is 2.00 bits per heavy atom. The lowest BCUT2D eigenvalue weighted by atomic mass is 9.60. The van der Waals surface area contributed by atoms with Crippen molar-refractivity contribution in [1.29, 1.82) is 0 Å². The first-order valence-electron chi connectivity index (χ1n) is 4.23. The zero-order valence-corrected chi connectivity index (χ0v) is 6.48. The Bertz CT molecular complexity index is 120. The summed E-state index contributed by atoms with van der Waals surface area (Å²) >= 11 is 0. The molecule has 0 aromatic carbocycles. The van der Waals surface area contributed by atoms with Crippen molar-refractivity contribution in [1.82, 2.24) is 0 Å². The summed E-state index contributed by atoms with van der Waals surface area (Å²) in [7, 11) is 0. The maximum absolute atomic E-state index is 2.48. The molecule has 9 heavy (non-hydrogen) atoms. The average molecular weight is 124 g/mol. The van der Waals surface area contributed by atoms with E-state index in [0.29, 0.717) is 0 Å². The van der Waals surface area contributed by atoms with Crippen molar-refractivity contribution in [3.8, 4) is 0 Å². The van der Waals surface area contributed by atoms with E-state index in [9.17, 15) is 0 Å². The van der Waals surface area contributed by atoms with Gasteiger partial charge in [0.2, 0.25) is 0 Å². The van der Waals surface area contributed by atoms with Crippen molar-refractivity contribution >= 4 is 0 Å². The van der Waals surface area contributed by atoms with Gasteiger partial charge in [-0.1, -0.05) is 13.8 Å². The predicted molar refractivity (Wildman–Crippen MR) is 39.2 cm³/mol. The van der Waals surface area contributed by atoms with Gasteiger partial charge in [-0.15, -0.1) is 0 Å². The van der Waals surface area contributed by atoms with Crippen molar-refractivity contribution in [2.24, 2.45) is 17.3 Å². The van der Waals surface area contributed by atoms with Crippen LogP contribution in [0.15, 0.2) is 0 Å². The normalized spacial score (nSPS) is 56.7. The Labute approximate surface area is 57.6 Å². The number of hydrogen-bond donors (Lipinski definition) is 0. The highest BCUT2D eigenvalue weighted by atomic mass is 14.5. The number of rotatable bonds is 0. The van der Waals surface area contributed by atoms with E-state index in [0.717, 1.165) is 17.3 Å². The number of hydrogen-bond acceptors (Lipinski definition) is 0. The van der Waals surface area contributed by atoms with Gasteiger partial charge < -0.3 is 0 Å². The summed E-state index contributed by atoms with van der Waals surface area (Å²) in [4.78, 5) is 0. The molecule has 2 aliphatic rings. The van der Waals surface area contributed by atoms with Crippen LogP contribution in [-0.2, 0) is 0 Å². The van der Waals surface area contributed by atoms with Crippen molar-refractivity contribution in [2.45, 2.75) is 39.5 Å². The monoisotopic (exact) mass is 124 g/mol. The maximum atomic E-state index is 2.48. The molecule has 0 bridgehead atoms. The van der Waals surface area contributed by atoms with Gasteiger partial charge >= 0.3 is 0 Å². The molecule has 0 nitrogen and oxygen atoms in total. The highest BCUT2D eigenvalue weighted by Gasteiger charge is 2.50. The van der Waals surface area contributed by atoms with Crippen LogP contribution in [0.25, 0.3) is 0 Å². The molecule has 3 atom stereocenters. The molecule has 0 heteroatoms. The van der Waals surface area contributed by atoms with Crippen molar-refractivity contribution in [3.05, 3.63) is 0 Å². The van der Waals surface area contributed by atoms with Gasteiger partial charge in [0.1, 0.15) is 0 Å². The molecule has 2 aliphatic carbocycles. The summed E-state index contributed by atoms with van der Waals surface area (Å²) in [5, 5.41) is 0. The molecule has 2 rings (SSSR count). The molecule has 0 amide bonds. The van der Waals surface area contributed by atoms with Gasteiger partial charge in [-0.3, -0.25) is 0 Å². The summed E-state index contributed by atoms with van der Waals surface area (Å²) in [6.07, 6.45) is 6.07. The molecular formula is C9H16. The smallest absolute Gasteiger partial charge is 0.0272 e. The van der Waals surface area contributed by atoms with Crippen LogP contribution in [0.1, 0.15) is 39.5 Å². The lowest BCUT2D eigenvalue weighted by Gasteiger charge is -2.45.